The van der Waals surface area contributed by atoms with E-state index in [0.29, 0.717) is 11.3 Å². The van der Waals surface area contributed by atoms with Crippen LogP contribution in [0.15, 0.2) is 4.99 Å². The summed E-state index contributed by atoms with van der Waals surface area (Å²) in [5, 5.41) is 5.01. The molecule has 1 fully saturated rings. The fraction of sp³-hybridized carbons (Fsp3) is 0.833. The van der Waals surface area contributed by atoms with E-state index in [0.717, 1.165) is 5.17 Å². The molecule has 0 amide bonds. The molecule has 52 valence electrons. The van der Waals surface area contributed by atoms with Crippen molar-refractivity contribution in [1.82, 2.24) is 5.32 Å². The van der Waals surface area contributed by atoms with Gasteiger partial charge >= 0.3 is 0 Å². The van der Waals surface area contributed by atoms with Crippen LogP contribution in [0.1, 0.15) is 13.8 Å². The Bertz CT molecular complexity index is 121. The molecule has 1 aliphatic heterocycles. The minimum absolute atomic E-state index is 0.577. The summed E-state index contributed by atoms with van der Waals surface area (Å²) in [7, 11) is 1.82. The van der Waals surface area contributed by atoms with Gasteiger partial charge in [0.1, 0.15) is 0 Å². The van der Waals surface area contributed by atoms with Crippen molar-refractivity contribution in [2.24, 2.45) is 4.99 Å². The lowest BCUT2D eigenvalue weighted by Gasteiger charge is -2.04. The van der Waals surface area contributed by atoms with Crippen molar-refractivity contribution < 1.29 is 0 Å². The third-order valence-corrected chi connectivity index (χ3v) is 2.86. The highest BCUT2D eigenvalue weighted by Gasteiger charge is 2.23. The summed E-state index contributed by atoms with van der Waals surface area (Å²) in [4.78, 5) is 4.06. The Hall–Kier alpha value is -0.180. The maximum Gasteiger partial charge on any atom is 0.156 e. The minimum Gasteiger partial charge on any atom is -0.361 e. The lowest BCUT2D eigenvalue weighted by Crippen LogP contribution is -2.26. The quantitative estimate of drug-likeness (QED) is 0.550. The second kappa shape index (κ2) is 2.60. The number of nitrogens with zero attached hydrogens (tertiary/aromatic N) is 1. The highest BCUT2D eigenvalue weighted by Crippen LogP contribution is 2.21. The first-order chi connectivity index (χ1) is 4.24. The predicted octanol–water partition coefficient (Wildman–Crippen LogP) is 1.09. The van der Waals surface area contributed by atoms with E-state index >= 15 is 0 Å². The van der Waals surface area contributed by atoms with Crippen LogP contribution in [0.3, 0.4) is 0 Å². The van der Waals surface area contributed by atoms with Crippen LogP contribution in [0.5, 0.6) is 0 Å². The Morgan fingerprint density at radius 3 is 2.44 bits per heavy atom. The number of rotatable bonds is 0. The zero-order valence-electron chi connectivity index (χ0n) is 6.01. The maximum absolute atomic E-state index is 4.06. The van der Waals surface area contributed by atoms with Crippen LogP contribution in [0, 0.1) is 0 Å². The van der Waals surface area contributed by atoms with Gasteiger partial charge in [-0.05, 0) is 6.92 Å². The molecule has 0 radical (unpaired) electrons. The molecule has 3 heteroatoms. The average Bonchev–Trinajstić information content (AvgIpc) is 2.13. The Labute approximate surface area is 60.1 Å². The van der Waals surface area contributed by atoms with Crippen molar-refractivity contribution in [2.75, 3.05) is 7.05 Å². The van der Waals surface area contributed by atoms with E-state index < -0.39 is 0 Å². The third kappa shape index (κ3) is 1.39. The second-order valence-corrected chi connectivity index (χ2v) is 3.65. The molecule has 1 rings (SSSR count). The first-order valence-corrected chi connectivity index (χ1v) is 4.02. The first-order valence-electron chi connectivity index (χ1n) is 3.14. The highest BCUT2D eigenvalue weighted by atomic mass is 32.2. The highest BCUT2D eigenvalue weighted by molar-refractivity contribution is 8.14. The van der Waals surface area contributed by atoms with Crippen molar-refractivity contribution in [3.05, 3.63) is 0 Å². The predicted molar refractivity (Wildman–Crippen MR) is 43.0 cm³/mol. The zero-order chi connectivity index (χ0) is 6.85. The third-order valence-electron chi connectivity index (χ3n) is 1.56. The summed E-state index contributed by atoms with van der Waals surface area (Å²) in [6.07, 6.45) is 0. The van der Waals surface area contributed by atoms with E-state index in [1.54, 1.807) is 0 Å². The van der Waals surface area contributed by atoms with Gasteiger partial charge < -0.3 is 5.32 Å². The van der Waals surface area contributed by atoms with Crippen LogP contribution >= 0.6 is 11.8 Å². The molecule has 0 aromatic rings. The number of amidine groups is 1. The fourth-order valence-corrected chi connectivity index (χ4v) is 1.73. The van der Waals surface area contributed by atoms with Crippen LogP contribution in [0.4, 0.5) is 0 Å². The monoisotopic (exact) mass is 144 g/mol. The summed E-state index contributed by atoms with van der Waals surface area (Å²) < 4.78 is 0. The van der Waals surface area contributed by atoms with Crippen LogP contribution in [-0.2, 0) is 0 Å². The van der Waals surface area contributed by atoms with E-state index in [1.807, 2.05) is 18.8 Å². The Morgan fingerprint density at radius 1 is 1.56 bits per heavy atom. The van der Waals surface area contributed by atoms with Crippen LogP contribution < -0.4 is 5.32 Å². The molecule has 1 aliphatic rings. The minimum atomic E-state index is 0.577. The number of hydrogen-bond donors (Lipinski definition) is 1. The van der Waals surface area contributed by atoms with Crippen molar-refractivity contribution in [1.29, 1.82) is 0 Å². The van der Waals surface area contributed by atoms with E-state index in [1.165, 1.54) is 0 Å². The molecule has 1 saturated heterocycles. The molecule has 9 heavy (non-hydrogen) atoms. The van der Waals surface area contributed by atoms with Gasteiger partial charge in [0, 0.05) is 18.3 Å². The van der Waals surface area contributed by atoms with Crippen LogP contribution in [0.2, 0.25) is 0 Å². The van der Waals surface area contributed by atoms with Crippen molar-refractivity contribution in [3.8, 4) is 0 Å². The van der Waals surface area contributed by atoms with E-state index in [-0.39, 0.29) is 0 Å². The summed E-state index contributed by atoms with van der Waals surface area (Å²) in [6, 6.07) is 0.577. The standard InChI is InChI=1S/C6H12N2S/c1-4-5(2)9-6(7-3)8-4/h4-5H,1-3H3,(H,7,8). The SMILES string of the molecule is CN=C1NC(C)C(C)S1. The molecular formula is C6H12N2S. The van der Waals surface area contributed by atoms with Gasteiger partial charge in [-0.2, -0.15) is 0 Å². The summed E-state index contributed by atoms with van der Waals surface area (Å²) in [5.74, 6) is 0. The van der Waals surface area contributed by atoms with Gasteiger partial charge in [0.15, 0.2) is 5.17 Å². The van der Waals surface area contributed by atoms with Gasteiger partial charge in [0.05, 0.1) is 0 Å². The van der Waals surface area contributed by atoms with Gasteiger partial charge in [-0.15, -0.1) is 0 Å². The molecule has 2 nitrogen and oxygen atoms in total. The summed E-state index contributed by atoms with van der Waals surface area (Å²) in [6.45, 7) is 4.39. The second-order valence-electron chi connectivity index (χ2n) is 2.28. The van der Waals surface area contributed by atoms with E-state index in [9.17, 15) is 0 Å². The number of aliphatic imine (C=N–C) groups is 1. The van der Waals surface area contributed by atoms with Gasteiger partial charge in [-0.3, -0.25) is 4.99 Å². The van der Waals surface area contributed by atoms with Crippen LogP contribution in [-0.4, -0.2) is 23.5 Å². The molecule has 0 aromatic heterocycles. The smallest absolute Gasteiger partial charge is 0.156 e. The summed E-state index contributed by atoms with van der Waals surface area (Å²) >= 11 is 1.81. The van der Waals surface area contributed by atoms with Gasteiger partial charge in [0.25, 0.3) is 0 Å². The molecule has 0 saturated carbocycles. The Morgan fingerprint density at radius 2 is 2.22 bits per heavy atom. The maximum atomic E-state index is 4.06. The normalized spacial score (nSPS) is 39.2. The molecule has 1 heterocycles. The van der Waals surface area contributed by atoms with E-state index in [2.05, 4.69) is 24.2 Å². The molecule has 0 aromatic carbocycles. The van der Waals surface area contributed by atoms with E-state index in [4.69, 9.17) is 0 Å². The van der Waals surface area contributed by atoms with Crippen molar-refractivity contribution in [2.45, 2.75) is 25.1 Å². The first kappa shape index (κ1) is 6.93. The lowest BCUT2D eigenvalue weighted by atomic mass is 10.3. The molecule has 0 aliphatic carbocycles. The zero-order valence-corrected chi connectivity index (χ0v) is 6.83. The van der Waals surface area contributed by atoms with Gasteiger partial charge in [-0.1, -0.05) is 18.7 Å². The molecule has 2 atom stereocenters. The molecule has 0 spiro atoms. The topological polar surface area (TPSA) is 24.4 Å². The fourth-order valence-electron chi connectivity index (χ4n) is 0.742. The molecule has 2 unspecified atom stereocenters. The largest absolute Gasteiger partial charge is 0.361 e. The average molecular weight is 144 g/mol. The molecular weight excluding hydrogens is 132 g/mol. The van der Waals surface area contributed by atoms with Gasteiger partial charge in [-0.25, -0.2) is 0 Å². The van der Waals surface area contributed by atoms with Crippen LogP contribution in [0.25, 0.3) is 0 Å². The lowest BCUT2D eigenvalue weighted by molar-refractivity contribution is 0.679. The van der Waals surface area contributed by atoms with Crippen molar-refractivity contribution in [3.63, 3.8) is 0 Å². The summed E-state index contributed by atoms with van der Waals surface area (Å²) in [5.41, 5.74) is 0. The number of thioether (sulfide) groups is 1. The molecule has 0 bridgehead atoms. The Balaban J connectivity index is 2.54. The van der Waals surface area contributed by atoms with Crippen molar-refractivity contribution >= 4 is 16.9 Å². The van der Waals surface area contributed by atoms with Gasteiger partial charge in [0.2, 0.25) is 0 Å². The molecule has 1 N–H and O–H groups in total. The number of hydrogen-bond acceptors (Lipinski definition) is 2. The Kier molecular flexibility index (Phi) is 2.01. The number of nitrogens with one attached hydrogen (secondary N) is 1.